The predicted octanol–water partition coefficient (Wildman–Crippen LogP) is 1.28. The molecule has 0 fully saturated rings. The van der Waals surface area contributed by atoms with Gasteiger partial charge in [-0.15, -0.1) is 0 Å². The molecule has 0 bridgehead atoms. The van der Waals surface area contributed by atoms with Gasteiger partial charge in [-0.25, -0.2) is 4.79 Å². The van der Waals surface area contributed by atoms with Gasteiger partial charge < -0.3 is 20.4 Å². The highest BCUT2D eigenvalue weighted by Crippen LogP contribution is 2.17. The summed E-state index contributed by atoms with van der Waals surface area (Å²) in [4.78, 5) is 16.6. The van der Waals surface area contributed by atoms with E-state index in [1.165, 1.54) is 0 Å². The van der Waals surface area contributed by atoms with Crippen molar-refractivity contribution >= 4 is 11.0 Å². The minimum Gasteiger partial charge on any atom is -0.389 e. The number of H-pyrrole nitrogens is 2. The molecule has 1 atom stereocenters. The van der Waals surface area contributed by atoms with Gasteiger partial charge in [-0.2, -0.15) is 0 Å². The fourth-order valence-corrected chi connectivity index (χ4v) is 1.84. The molecule has 0 spiro atoms. The lowest BCUT2D eigenvalue weighted by Crippen LogP contribution is -2.36. The number of fused-ring (bicyclic) bond motifs is 1. The third-order valence-electron chi connectivity index (χ3n) is 2.88. The lowest BCUT2D eigenvalue weighted by molar-refractivity contribution is 0.0770. The van der Waals surface area contributed by atoms with E-state index >= 15 is 0 Å². The van der Waals surface area contributed by atoms with Gasteiger partial charge >= 0.3 is 5.69 Å². The number of rotatable bonds is 4. The first-order chi connectivity index (χ1) is 8.35. The van der Waals surface area contributed by atoms with Crippen molar-refractivity contribution in [1.82, 2.24) is 15.3 Å². The first-order valence-electron chi connectivity index (χ1n) is 6.03. The molecule has 5 nitrogen and oxygen atoms in total. The molecule has 98 valence electrons. The SMILES string of the molecule is CC(NCC(C)(C)O)c1ccc2[nH]c(=O)[nH]c2c1. The lowest BCUT2D eigenvalue weighted by Gasteiger charge is -2.22. The summed E-state index contributed by atoms with van der Waals surface area (Å²) in [5.74, 6) is 0. The Morgan fingerprint density at radius 2 is 2.00 bits per heavy atom. The summed E-state index contributed by atoms with van der Waals surface area (Å²) in [6, 6.07) is 5.90. The molecule has 0 radical (unpaired) electrons. The maximum atomic E-state index is 11.2. The van der Waals surface area contributed by atoms with Gasteiger partial charge in [0.2, 0.25) is 0 Å². The van der Waals surface area contributed by atoms with Crippen LogP contribution >= 0.6 is 0 Å². The van der Waals surface area contributed by atoms with E-state index in [1.807, 2.05) is 25.1 Å². The van der Waals surface area contributed by atoms with Gasteiger partial charge in [-0.3, -0.25) is 0 Å². The third kappa shape index (κ3) is 3.00. The van der Waals surface area contributed by atoms with E-state index in [-0.39, 0.29) is 11.7 Å². The molecule has 4 N–H and O–H groups in total. The molecule has 0 saturated carbocycles. The number of aliphatic hydroxyl groups is 1. The van der Waals surface area contributed by atoms with Crippen LogP contribution in [-0.4, -0.2) is 27.2 Å². The fourth-order valence-electron chi connectivity index (χ4n) is 1.84. The standard InChI is InChI=1S/C13H19N3O2/c1-8(14-7-13(2,3)18)9-4-5-10-11(6-9)16-12(17)15-10/h4-6,8,14,18H,7H2,1-3H3,(H2,15,16,17). The highest BCUT2D eigenvalue weighted by atomic mass is 16.3. The number of aromatic amines is 2. The summed E-state index contributed by atoms with van der Waals surface area (Å²) in [6.45, 7) is 6.06. The van der Waals surface area contributed by atoms with Gasteiger partial charge in [0.1, 0.15) is 0 Å². The van der Waals surface area contributed by atoms with Crippen LogP contribution in [-0.2, 0) is 0 Å². The molecule has 0 aliphatic rings. The van der Waals surface area contributed by atoms with Crippen LogP contribution in [0.3, 0.4) is 0 Å². The molecule has 2 aromatic rings. The highest BCUT2D eigenvalue weighted by Gasteiger charge is 2.14. The second-order valence-corrected chi connectivity index (χ2v) is 5.30. The van der Waals surface area contributed by atoms with Crippen LogP contribution in [0, 0.1) is 0 Å². The van der Waals surface area contributed by atoms with E-state index in [2.05, 4.69) is 15.3 Å². The van der Waals surface area contributed by atoms with E-state index in [1.54, 1.807) is 13.8 Å². The molecule has 1 unspecified atom stereocenters. The Morgan fingerprint density at radius 1 is 1.33 bits per heavy atom. The van der Waals surface area contributed by atoms with Crippen LogP contribution in [0.15, 0.2) is 23.0 Å². The number of aromatic nitrogens is 2. The van der Waals surface area contributed by atoms with E-state index in [4.69, 9.17) is 0 Å². The molecule has 1 aromatic heterocycles. The first-order valence-corrected chi connectivity index (χ1v) is 6.03. The van der Waals surface area contributed by atoms with Gasteiger partial charge in [0.25, 0.3) is 0 Å². The number of hydrogen-bond donors (Lipinski definition) is 4. The minimum atomic E-state index is -0.735. The number of imidazole rings is 1. The topological polar surface area (TPSA) is 80.9 Å². The van der Waals surface area contributed by atoms with E-state index in [9.17, 15) is 9.90 Å². The van der Waals surface area contributed by atoms with Gasteiger partial charge in [-0.05, 0) is 38.5 Å². The van der Waals surface area contributed by atoms with Crippen LogP contribution in [0.25, 0.3) is 11.0 Å². The van der Waals surface area contributed by atoms with Gasteiger partial charge in [0.05, 0.1) is 16.6 Å². The zero-order chi connectivity index (χ0) is 13.3. The van der Waals surface area contributed by atoms with Crippen molar-refractivity contribution in [1.29, 1.82) is 0 Å². The Labute approximate surface area is 105 Å². The second-order valence-electron chi connectivity index (χ2n) is 5.30. The van der Waals surface area contributed by atoms with Crippen LogP contribution in [0.4, 0.5) is 0 Å². The summed E-state index contributed by atoms with van der Waals surface area (Å²) in [6.07, 6.45) is 0. The van der Waals surface area contributed by atoms with Gasteiger partial charge in [0, 0.05) is 12.6 Å². The van der Waals surface area contributed by atoms with Crippen molar-refractivity contribution < 1.29 is 5.11 Å². The average molecular weight is 249 g/mol. The summed E-state index contributed by atoms with van der Waals surface area (Å²) >= 11 is 0. The smallest absolute Gasteiger partial charge is 0.323 e. The largest absolute Gasteiger partial charge is 0.389 e. The monoisotopic (exact) mass is 249 g/mol. The number of hydrogen-bond acceptors (Lipinski definition) is 3. The Morgan fingerprint density at radius 3 is 2.67 bits per heavy atom. The van der Waals surface area contributed by atoms with Gasteiger partial charge in [0.15, 0.2) is 0 Å². The molecule has 2 rings (SSSR count). The van der Waals surface area contributed by atoms with Crippen molar-refractivity contribution in [2.45, 2.75) is 32.4 Å². The lowest BCUT2D eigenvalue weighted by atomic mass is 10.1. The zero-order valence-electron chi connectivity index (χ0n) is 10.9. The minimum absolute atomic E-state index is 0.110. The fraction of sp³-hybridized carbons (Fsp3) is 0.462. The van der Waals surface area contributed by atoms with Crippen LogP contribution in [0.1, 0.15) is 32.4 Å². The quantitative estimate of drug-likeness (QED) is 0.659. The molecule has 5 heteroatoms. The van der Waals surface area contributed by atoms with Crippen molar-refractivity contribution in [3.63, 3.8) is 0 Å². The molecule has 0 saturated heterocycles. The summed E-state index contributed by atoms with van der Waals surface area (Å²) in [5.41, 5.74) is 1.75. The molecule has 1 heterocycles. The third-order valence-corrected chi connectivity index (χ3v) is 2.88. The number of benzene rings is 1. The maximum absolute atomic E-state index is 11.2. The molecule has 1 aromatic carbocycles. The molecular formula is C13H19N3O2. The molecule has 0 aliphatic carbocycles. The normalized spacial score (nSPS) is 14.0. The molecule has 0 amide bonds. The number of nitrogens with one attached hydrogen (secondary N) is 3. The van der Waals surface area contributed by atoms with Crippen LogP contribution in [0.5, 0.6) is 0 Å². The van der Waals surface area contributed by atoms with Crippen molar-refractivity contribution in [2.24, 2.45) is 0 Å². The van der Waals surface area contributed by atoms with E-state index in [0.29, 0.717) is 6.54 Å². The molecular weight excluding hydrogens is 230 g/mol. The second kappa shape index (κ2) is 4.59. The molecule has 0 aliphatic heterocycles. The van der Waals surface area contributed by atoms with Crippen molar-refractivity contribution in [2.75, 3.05) is 6.54 Å². The highest BCUT2D eigenvalue weighted by molar-refractivity contribution is 5.75. The van der Waals surface area contributed by atoms with Gasteiger partial charge in [-0.1, -0.05) is 6.07 Å². The maximum Gasteiger partial charge on any atom is 0.323 e. The Kier molecular flexibility index (Phi) is 3.28. The summed E-state index contributed by atoms with van der Waals surface area (Å²) in [7, 11) is 0. The summed E-state index contributed by atoms with van der Waals surface area (Å²) < 4.78 is 0. The van der Waals surface area contributed by atoms with Crippen molar-refractivity contribution in [3.8, 4) is 0 Å². The van der Waals surface area contributed by atoms with E-state index in [0.717, 1.165) is 16.6 Å². The Hall–Kier alpha value is -1.59. The van der Waals surface area contributed by atoms with E-state index < -0.39 is 5.60 Å². The first kappa shape index (κ1) is 12.9. The Bertz CT molecular complexity index is 592. The van der Waals surface area contributed by atoms with Crippen LogP contribution < -0.4 is 11.0 Å². The zero-order valence-corrected chi connectivity index (χ0v) is 10.9. The molecule has 18 heavy (non-hydrogen) atoms. The summed E-state index contributed by atoms with van der Waals surface area (Å²) in [5, 5.41) is 12.9. The predicted molar refractivity (Wildman–Crippen MR) is 71.6 cm³/mol. The van der Waals surface area contributed by atoms with Crippen molar-refractivity contribution in [3.05, 3.63) is 34.2 Å². The van der Waals surface area contributed by atoms with Crippen LogP contribution in [0.2, 0.25) is 0 Å². The average Bonchev–Trinajstić information content (AvgIpc) is 2.63. The Balaban J connectivity index is 2.17.